The number of anilines is 2. The van der Waals surface area contributed by atoms with Crippen LogP contribution in [0.4, 0.5) is 11.4 Å². The summed E-state index contributed by atoms with van der Waals surface area (Å²) in [6.45, 7) is 5.65. The molecular formula is C14H23N3O2. The summed E-state index contributed by atoms with van der Waals surface area (Å²) in [6.07, 6.45) is 2.29. The average molecular weight is 265 g/mol. The Labute approximate surface area is 114 Å². The van der Waals surface area contributed by atoms with Crippen LogP contribution in [0.5, 0.6) is 0 Å². The van der Waals surface area contributed by atoms with Crippen LogP contribution in [-0.4, -0.2) is 25.2 Å². The molecule has 0 saturated carbocycles. The molecule has 1 rings (SSSR count). The fourth-order valence-corrected chi connectivity index (χ4v) is 1.65. The Morgan fingerprint density at radius 2 is 2.11 bits per heavy atom. The Morgan fingerprint density at radius 1 is 1.37 bits per heavy atom. The van der Waals surface area contributed by atoms with Crippen LogP contribution in [0.15, 0.2) is 18.2 Å². The fourth-order valence-electron chi connectivity index (χ4n) is 1.65. The number of hydrogen-bond acceptors (Lipinski definition) is 4. The molecule has 0 aliphatic carbocycles. The van der Waals surface area contributed by atoms with E-state index in [0.717, 1.165) is 31.7 Å². The monoisotopic (exact) mass is 265 g/mol. The number of unbranched alkanes of at least 4 members (excludes halogenated alkanes) is 1. The first-order chi connectivity index (χ1) is 9.00. The second-order valence-electron chi connectivity index (χ2n) is 4.72. The number of benzene rings is 1. The fraction of sp³-hybridized carbons (Fsp3) is 0.500. The lowest BCUT2D eigenvalue weighted by atomic mass is 10.1. The molecule has 1 aromatic rings. The maximum atomic E-state index is 11.0. The van der Waals surface area contributed by atoms with Gasteiger partial charge in [0.1, 0.15) is 0 Å². The van der Waals surface area contributed by atoms with Gasteiger partial charge in [0, 0.05) is 18.7 Å². The smallest absolute Gasteiger partial charge is 0.248 e. The number of primary amides is 1. The lowest BCUT2D eigenvalue weighted by molar-refractivity contribution is 0.0765. The van der Waals surface area contributed by atoms with E-state index in [1.807, 2.05) is 13.8 Å². The first-order valence-corrected chi connectivity index (χ1v) is 6.55. The molecule has 0 aliphatic heterocycles. The third-order valence-electron chi connectivity index (χ3n) is 2.67. The predicted octanol–water partition coefficient (Wildman–Crippen LogP) is 1.98. The highest BCUT2D eigenvalue weighted by atomic mass is 16.5. The Bertz CT molecular complexity index is 419. The highest BCUT2D eigenvalue weighted by Gasteiger charge is 2.04. The van der Waals surface area contributed by atoms with E-state index in [1.54, 1.807) is 18.2 Å². The molecule has 0 atom stereocenters. The maximum absolute atomic E-state index is 11.0. The van der Waals surface area contributed by atoms with E-state index in [1.165, 1.54) is 0 Å². The molecule has 0 unspecified atom stereocenters. The van der Waals surface area contributed by atoms with E-state index < -0.39 is 5.91 Å². The summed E-state index contributed by atoms with van der Waals surface area (Å²) in [5, 5.41) is 3.23. The minimum absolute atomic E-state index is 0.282. The molecule has 0 aromatic heterocycles. The van der Waals surface area contributed by atoms with Gasteiger partial charge in [-0.25, -0.2) is 0 Å². The molecule has 0 saturated heterocycles. The van der Waals surface area contributed by atoms with E-state index in [2.05, 4.69) is 5.32 Å². The lowest BCUT2D eigenvalue weighted by Crippen LogP contribution is -2.12. The number of nitrogens with two attached hydrogens (primary N) is 2. The summed E-state index contributed by atoms with van der Waals surface area (Å²) in [5.74, 6) is -0.468. The maximum Gasteiger partial charge on any atom is 0.248 e. The molecule has 19 heavy (non-hydrogen) atoms. The van der Waals surface area contributed by atoms with Gasteiger partial charge in [0.15, 0.2) is 0 Å². The zero-order valence-corrected chi connectivity index (χ0v) is 11.6. The number of carbonyl (C=O) groups is 1. The summed E-state index contributed by atoms with van der Waals surface area (Å²) in [4.78, 5) is 11.0. The molecule has 0 aliphatic rings. The van der Waals surface area contributed by atoms with E-state index in [4.69, 9.17) is 16.2 Å². The van der Waals surface area contributed by atoms with Gasteiger partial charge in [-0.05, 0) is 44.9 Å². The van der Waals surface area contributed by atoms with E-state index >= 15 is 0 Å². The van der Waals surface area contributed by atoms with Gasteiger partial charge in [-0.1, -0.05) is 0 Å². The van der Waals surface area contributed by atoms with Crippen molar-refractivity contribution in [2.24, 2.45) is 5.73 Å². The second kappa shape index (κ2) is 7.63. The Hall–Kier alpha value is -1.75. The number of nitrogens with one attached hydrogen (secondary N) is 1. The zero-order valence-electron chi connectivity index (χ0n) is 11.6. The average Bonchev–Trinajstić information content (AvgIpc) is 2.34. The number of nitrogen functional groups attached to an aromatic ring is 1. The highest BCUT2D eigenvalue weighted by Crippen LogP contribution is 2.19. The molecule has 5 heteroatoms. The molecule has 5 N–H and O–H groups in total. The van der Waals surface area contributed by atoms with Crippen LogP contribution >= 0.6 is 0 Å². The van der Waals surface area contributed by atoms with E-state index in [9.17, 15) is 4.79 Å². The van der Waals surface area contributed by atoms with Gasteiger partial charge >= 0.3 is 0 Å². The van der Waals surface area contributed by atoms with Crippen LogP contribution in [0.3, 0.4) is 0 Å². The molecule has 0 fully saturated rings. The normalized spacial score (nSPS) is 10.7. The summed E-state index contributed by atoms with van der Waals surface area (Å²) in [6, 6.07) is 5.04. The van der Waals surface area contributed by atoms with Gasteiger partial charge in [-0.3, -0.25) is 4.79 Å². The van der Waals surface area contributed by atoms with Crippen molar-refractivity contribution in [3.8, 4) is 0 Å². The van der Waals surface area contributed by atoms with Gasteiger partial charge in [0.25, 0.3) is 0 Å². The number of hydrogen-bond donors (Lipinski definition) is 3. The van der Waals surface area contributed by atoms with Crippen molar-refractivity contribution in [3.05, 3.63) is 23.8 Å². The standard InChI is InChI=1S/C14H23N3O2/c1-10(2)19-8-4-3-7-17-13-6-5-11(14(16)18)9-12(13)15/h5-6,9-10,17H,3-4,7-8,15H2,1-2H3,(H2,16,18). The quantitative estimate of drug-likeness (QED) is 0.495. The molecule has 0 heterocycles. The summed E-state index contributed by atoms with van der Waals surface area (Å²) in [7, 11) is 0. The minimum Gasteiger partial charge on any atom is -0.397 e. The second-order valence-corrected chi connectivity index (χ2v) is 4.72. The molecule has 1 amide bonds. The Morgan fingerprint density at radius 3 is 2.68 bits per heavy atom. The first kappa shape index (κ1) is 15.3. The van der Waals surface area contributed by atoms with Gasteiger partial charge in [-0.2, -0.15) is 0 Å². The van der Waals surface area contributed by atoms with Crippen LogP contribution in [-0.2, 0) is 4.74 Å². The van der Waals surface area contributed by atoms with Crippen molar-refractivity contribution in [1.82, 2.24) is 0 Å². The highest BCUT2D eigenvalue weighted by molar-refractivity contribution is 5.94. The van der Waals surface area contributed by atoms with Crippen LogP contribution in [0.2, 0.25) is 0 Å². The Balaban J connectivity index is 2.32. The molecule has 0 bridgehead atoms. The minimum atomic E-state index is -0.468. The zero-order chi connectivity index (χ0) is 14.3. The molecule has 0 spiro atoms. The number of carbonyl (C=O) groups excluding carboxylic acids is 1. The van der Waals surface area contributed by atoms with Crippen molar-refractivity contribution < 1.29 is 9.53 Å². The largest absolute Gasteiger partial charge is 0.397 e. The van der Waals surface area contributed by atoms with Crippen LogP contribution in [0.1, 0.15) is 37.0 Å². The van der Waals surface area contributed by atoms with Gasteiger partial charge < -0.3 is 21.5 Å². The molecule has 0 radical (unpaired) electrons. The van der Waals surface area contributed by atoms with Crippen molar-refractivity contribution in [2.45, 2.75) is 32.8 Å². The summed E-state index contributed by atoms with van der Waals surface area (Å²) >= 11 is 0. The predicted molar refractivity (Wildman–Crippen MR) is 78.2 cm³/mol. The SMILES string of the molecule is CC(C)OCCCCNc1ccc(C(N)=O)cc1N. The van der Waals surface area contributed by atoms with Crippen molar-refractivity contribution in [2.75, 3.05) is 24.2 Å². The van der Waals surface area contributed by atoms with Gasteiger partial charge in [0.05, 0.1) is 17.5 Å². The third-order valence-corrected chi connectivity index (χ3v) is 2.67. The number of ether oxygens (including phenoxy) is 1. The van der Waals surface area contributed by atoms with E-state index in [0.29, 0.717) is 11.3 Å². The van der Waals surface area contributed by atoms with E-state index in [-0.39, 0.29) is 6.10 Å². The van der Waals surface area contributed by atoms with Crippen molar-refractivity contribution >= 4 is 17.3 Å². The molecular weight excluding hydrogens is 242 g/mol. The van der Waals surface area contributed by atoms with Gasteiger partial charge in [-0.15, -0.1) is 0 Å². The third kappa shape index (κ3) is 5.61. The van der Waals surface area contributed by atoms with Crippen LogP contribution in [0.25, 0.3) is 0 Å². The topological polar surface area (TPSA) is 90.4 Å². The summed E-state index contributed by atoms with van der Waals surface area (Å²) in [5.41, 5.74) is 12.8. The van der Waals surface area contributed by atoms with Gasteiger partial charge in [0.2, 0.25) is 5.91 Å². The molecule has 1 aromatic carbocycles. The van der Waals surface area contributed by atoms with Crippen molar-refractivity contribution in [3.63, 3.8) is 0 Å². The van der Waals surface area contributed by atoms with Crippen molar-refractivity contribution in [1.29, 1.82) is 0 Å². The summed E-state index contributed by atoms with van der Waals surface area (Å²) < 4.78 is 5.46. The number of amides is 1. The molecule has 5 nitrogen and oxygen atoms in total. The van der Waals surface area contributed by atoms with Crippen LogP contribution in [0, 0.1) is 0 Å². The first-order valence-electron chi connectivity index (χ1n) is 6.55. The van der Waals surface area contributed by atoms with Crippen LogP contribution < -0.4 is 16.8 Å². The lowest BCUT2D eigenvalue weighted by Gasteiger charge is -2.11. The molecule has 106 valence electrons. The number of rotatable bonds is 8. The Kier molecular flexibility index (Phi) is 6.15.